The van der Waals surface area contributed by atoms with Crippen molar-refractivity contribution in [3.05, 3.63) is 155 Å². The number of hydrogen-bond donors (Lipinski definition) is 4. The Morgan fingerprint density at radius 2 is 0.688 bits per heavy atom. The van der Waals surface area contributed by atoms with E-state index >= 15 is 0 Å². The Kier molecular flexibility index (Phi) is 33.6. The van der Waals surface area contributed by atoms with Gasteiger partial charge in [0.15, 0.2) is 0 Å². The molecule has 15 nitrogen and oxygen atoms in total. The van der Waals surface area contributed by atoms with E-state index in [0.29, 0.717) is 130 Å². The number of allylic oxidation sites excluding steroid dienone is 9. The molecule has 0 aromatic heterocycles. The van der Waals surface area contributed by atoms with E-state index in [9.17, 15) is 31.2 Å². The molecule has 0 heterocycles. The fourth-order valence-corrected chi connectivity index (χ4v) is 40.2. The van der Waals surface area contributed by atoms with E-state index in [0.717, 1.165) is 56.6 Å². The molecule has 6 N–H and O–H groups in total. The Balaban J connectivity index is 0.000000174. The van der Waals surface area contributed by atoms with Crippen molar-refractivity contribution in [3.8, 4) is 5.75 Å². The van der Waals surface area contributed by atoms with Gasteiger partial charge in [-0.2, -0.15) is 0 Å². The number of ether oxygens (including phenoxy) is 3. The second-order valence-electron chi connectivity index (χ2n) is 52.3. The van der Waals surface area contributed by atoms with Crippen molar-refractivity contribution in [1.29, 1.82) is 0 Å². The Morgan fingerprint density at radius 1 is 0.411 bits per heavy atom. The molecule has 141 heavy (non-hydrogen) atoms. The van der Waals surface area contributed by atoms with Gasteiger partial charge in [0, 0.05) is 48.1 Å². The number of nitrogens with one attached hydrogen (secondary N) is 3. The third kappa shape index (κ3) is 19.2. The van der Waals surface area contributed by atoms with Gasteiger partial charge in [0.2, 0.25) is 0 Å². The minimum atomic E-state index is -2.95. The topological polar surface area (TPSA) is 239 Å². The summed E-state index contributed by atoms with van der Waals surface area (Å²) in [6.45, 7) is 65.1. The number of rotatable bonds is 23. The zero-order chi connectivity index (χ0) is 101. The van der Waals surface area contributed by atoms with Crippen LogP contribution in [0.1, 0.15) is 355 Å². The first-order valence-electron chi connectivity index (χ1n) is 54.7. The molecule has 3 aromatic carbocycles. The molecule has 19 heteroatoms. The minimum Gasteiger partial charge on any atom is -0.870 e. The number of carbonyl (C=O) groups excluding carboxylic acids is 3. The van der Waals surface area contributed by atoms with Gasteiger partial charge in [-0.1, -0.05) is 202 Å². The molecule has 3 aromatic rings. The molecule has 0 amide bonds. The number of nitrogens with two attached hydrogens (primary N) is 1. The number of halogens is 1. The number of alkyl halides is 1. The van der Waals surface area contributed by atoms with E-state index in [4.69, 9.17) is 31.5 Å². The van der Waals surface area contributed by atoms with E-state index in [1.165, 1.54) is 231 Å². The summed E-state index contributed by atoms with van der Waals surface area (Å²) < 4.78 is 62.5. The average molecular weight is 2010 g/mol. The van der Waals surface area contributed by atoms with Gasteiger partial charge in [0.25, 0.3) is 6.47 Å². The predicted molar refractivity (Wildman–Crippen MR) is 577 cm³/mol. The summed E-state index contributed by atoms with van der Waals surface area (Å²) in [6.07, 6.45) is 45.6. The van der Waals surface area contributed by atoms with Crippen molar-refractivity contribution in [2.45, 2.75) is 334 Å². The largest absolute Gasteiger partial charge is 1.00 e. The number of hydrogen-bond acceptors (Lipinski definition) is 15. The molecule has 0 spiro atoms. The molecule has 15 aliphatic carbocycles. The van der Waals surface area contributed by atoms with E-state index in [1.54, 1.807) is 0 Å². The van der Waals surface area contributed by atoms with Gasteiger partial charge < -0.3 is 41.4 Å². The summed E-state index contributed by atoms with van der Waals surface area (Å²) in [5.41, 5.74) is 22.6. The van der Waals surface area contributed by atoms with Crippen LogP contribution in [0.4, 0.5) is 0 Å². The Hall–Kier alpha value is -4.50. The second kappa shape index (κ2) is 41.7. The molecule has 15 aliphatic rings. The van der Waals surface area contributed by atoms with Crippen molar-refractivity contribution in [3.63, 3.8) is 0 Å². The van der Waals surface area contributed by atoms with Crippen LogP contribution in [0.15, 0.2) is 127 Å². The van der Waals surface area contributed by atoms with E-state index in [-0.39, 0.29) is 129 Å². The fraction of sp³-hybridized carbons (Fsp3) is 0.730. The molecule has 27 atom stereocenters. The Labute approximate surface area is 881 Å². The summed E-state index contributed by atoms with van der Waals surface area (Å²) in [5.74, 6) is 10.8. The molecule has 0 radical (unpaired) electrons. The van der Waals surface area contributed by atoms with Crippen LogP contribution < -0.4 is 56.0 Å². The molecule has 0 bridgehead atoms. The third-order valence-electron chi connectivity index (χ3n) is 45.5. The maximum atomic E-state index is 12.1. The summed E-state index contributed by atoms with van der Waals surface area (Å²) in [6, 6.07) is 24.3. The van der Waals surface area contributed by atoms with E-state index in [1.807, 2.05) is 43.3 Å². The summed E-state index contributed by atoms with van der Waals surface area (Å²) in [4.78, 5) is 35.0. The maximum Gasteiger partial charge on any atom is 1.00 e. The monoisotopic (exact) mass is 2000 g/mol. The summed E-state index contributed by atoms with van der Waals surface area (Å²) >= 11 is 5.00. The number of carbonyl (C=O) groups is 3. The van der Waals surface area contributed by atoms with Crippen LogP contribution >= 0.6 is 11.6 Å². The molecule has 18 rings (SSSR count). The van der Waals surface area contributed by atoms with Crippen LogP contribution in [0.3, 0.4) is 0 Å². The number of sulfone groups is 2. The van der Waals surface area contributed by atoms with Crippen LogP contribution in [0.2, 0.25) is 0 Å². The van der Waals surface area contributed by atoms with Crippen molar-refractivity contribution in [1.82, 2.24) is 16.0 Å². The van der Waals surface area contributed by atoms with Crippen LogP contribution in [0.25, 0.3) is 16.7 Å². The van der Waals surface area contributed by atoms with E-state index < -0.39 is 19.7 Å². The second-order valence-corrected chi connectivity index (χ2v) is 57.4. The molecule has 0 unspecified atom stereocenters. The third-order valence-corrected chi connectivity index (χ3v) is 47.5. The first-order chi connectivity index (χ1) is 65.2. The fourth-order valence-electron chi connectivity index (χ4n) is 38.9. The molecule has 0 saturated heterocycles. The predicted octanol–water partition coefficient (Wildman–Crippen LogP) is 24.0. The summed E-state index contributed by atoms with van der Waals surface area (Å²) in [7, 11) is -3.01. The average Bonchev–Trinajstić information content (AvgIpc) is 1.66. The zero-order valence-electron chi connectivity index (χ0n) is 91.8. The minimum absolute atomic E-state index is 0. The molecule has 12 saturated carbocycles. The van der Waals surface area contributed by atoms with Crippen molar-refractivity contribution < 1.29 is 80.5 Å². The first-order valence-corrected chi connectivity index (χ1v) is 59.3. The smallest absolute Gasteiger partial charge is 0.870 e. The first kappa shape index (κ1) is 114. The van der Waals surface area contributed by atoms with Gasteiger partial charge >= 0.3 is 41.5 Å². The van der Waals surface area contributed by atoms with Gasteiger partial charge in [0.05, 0.1) is 36.9 Å². The molecule has 12 fully saturated rings. The van der Waals surface area contributed by atoms with Gasteiger partial charge in [-0.05, 0) is 444 Å². The summed E-state index contributed by atoms with van der Waals surface area (Å²) in [5, 5.41) is 12.2. The van der Waals surface area contributed by atoms with Gasteiger partial charge in [-0.15, -0.1) is 11.6 Å². The molecular weight excluding hydrogens is 1820 g/mol. The number of fused-ring (bicyclic) bond motifs is 21. The normalized spacial score (nSPS) is 40.3. The van der Waals surface area contributed by atoms with Gasteiger partial charge in [-0.25, -0.2) is 26.4 Å². The quantitative estimate of drug-likeness (QED) is 0.0172. The van der Waals surface area contributed by atoms with Crippen molar-refractivity contribution >= 4 is 66.4 Å². The maximum absolute atomic E-state index is 12.1. The van der Waals surface area contributed by atoms with Crippen molar-refractivity contribution in [2.24, 2.45) is 159 Å². The van der Waals surface area contributed by atoms with Crippen LogP contribution in [-0.2, 0) is 33.9 Å². The van der Waals surface area contributed by atoms with Gasteiger partial charge in [-0.3, -0.25) is 4.79 Å². The standard InChI is InChI=1S/C41H61NO4S.C40H59NO4S.C39H58N2O2.C2H5Cl.Na.H2O/c1-27(2)30-17-22-41(42-25-10-26-47(9,44)45)24-23-39(6)32(35(30)41)15-16-34-38(5)20-18-31(28-11-13-29(14-12-28)36(43)46-8)37(3,4)33(38)19-21-40(34,39)7;1-27(2)30-16-21-40(41-24-9-25-46(8,43)44)23-22-38(6)32(35(30)40)14-15-34-37(5)19-17-31(28-10-12-29(13-11-28)45-26-42)36(3,4)33(37)18-20-39(34,38)7;1-25(2)28-15-20-39(41-24-23-40)22-21-37(6)30(33(28)39)13-14-32-36(5)18-16-29(26-9-11-27(12-10-26)34(42)43-8)35(3,4)31(36)17-19-38(32,37)7;1-2-3;;/h11-14,18,30,32-35,42H,1,10,15-17,19-26H2,2-9H3;10-13,17,26,30,32-35,41H,1,9,14-16,18-25H2,2-8H3;9-12,16,28,30-33,41H,1,13-15,17-24,40H2,2-8H3;2H2,1H3;;1H2/q;;;;+1;/p-1/t30-,32+,33-,34+,35+,38-,39+,40+,41-;30-,32+,33-,34+,35+,37-,38+,39+,40-;28-,30+,31-,32+,33+,36-,37+,38+,39-;;;/m000.../s1. The SMILES string of the molecule is C=C(C)[C@@H]1CC[C@]2(NCCCS(C)(=O)=O)CC[C@]3(C)[C@H](CC[C@@H]4[C@@]5(C)CC=C(c6ccc(C(=O)OC)cc6)C(C)(C)[C@@H]5CC[C@]43C)[C@@H]12.C=C(C)[C@@H]1CC[C@]2(NCCCS(C)(=O)=O)CC[C@]3(C)[C@H](CC[C@@H]4[C@@]5(C)CC=C(c6ccc(OC=O)cc6)C(C)(C)[C@@H]5CC[C@]43C)[C@@H]12.C=C(C)[C@@H]1CC[C@]2(NCCN)CC[C@]3(C)[C@H](CC[C@@H]4[C@@]5(C)CC=C(c6ccc(C(=O)OC)cc6)C(C)(C)[C@@H]5CC[C@]43C)[C@@H]12.CCCl.[Na+].[OH-]. The molecule has 778 valence electrons. The van der Waals surface area contributed by atoms with Crippen molar-refractivity contribution in [2.75, 3.05) is 70.3 Å². The Morgan fingerprint density at radius 3 is 0.943 bits per heavy atom. The van der Waals surface area contributed by atoms with Crippen LogP contribution in [0, 0.1) is 154 Å². The zero-order valence-corrected chi connectivity index (χ0v) is 96.2. The number of methoxy groups -OCH3 is 2. The van der Waals surface area contributed by atoms with Gasteiger partial charge in [0.1, 0.15) is 25.4 Å². The van der Waals surface area contributed by atoms with Crippen LogP contribution in [-0.4, -0.2) is 128 Å². The van der Waals surface area contributed by atoms with E-state index in [2.05, 4.69) is 215 Å². The van der Waals surface area contributed by atoms with Crippen LogP contribution in [0.5, 0.6) is 5.75 Å². The number of esters is 2. The molecule has 0 aliphatic heterocycles. The molecular formula is C122H184ClN4NaO11S2. The Bertz CT molecular complexity index is 5420. The number of benzene rings is 3.